The Bertz CT molecular complexity index is 846. The van der Waals surface area contributed by atoms with Crippen LogP contribution >= 0.6 is 0 Å². The van der Waals surface area contributed by atoms with Gasteiger partial charge in [-0.1, -0.05) is 42.5 Å². The Morgan fingerprint density at radius 2 is 1.83 bits per heavy atom. The maximum atomic E-state index is 13.0. The van der Waals surface area contributed by atoms with Crippen LogP contribution in [0.15, 0.2) is 54.6 Å². The lowest BCUT2D eigenvalue weighted by Gasteiger charge is -2.48. The molecule has 2 fully saturated rings. The van der Waals surface area contributed by atoms with E-state index in [1.54, 1.807) is 7.11 Å². The van der Waals surface area contributed by atoms with Crippen molar-refractivity contribution in [1.29, 1.82) is 0 Å². The maximum Gasteiger partial charge on any atom is 0.257 e. The van der Waals surface area contributed by atoms with Crippen LogP contribution in [0.3, 0.4) is 0 Å². The average Bonchev–Trinajstić information content (AvgIpc) is 2.80. The zero-order valence-corrected chi connectivity index (χ0v) is 18.0. The van der Waals surface area contributed by atoms with Gasteiger partial charge in [0.2, 0.25) is 0 Å². The molecule has 0 saturated carbocycles. The Balaban J connectivity index is 1.37. The Hall–Kier alpha value is -2.37. The van der Waals surface area contributed by atoms with Crippen LogP contribution in [-0.2, 0) is 11.3 Å². The molecule has 0 N–H and O–H groups in total. The first-order valence-corrected chi connectivity index (χ1v) is 10.9. The topological polar surface area (TPSA) is 42.0 Å². The van der Waals surface area contributed by atoms with E-state index in [0.29, 0.717) is 17.4 Å². The number of benzene rings is 2. The number of hydrogen-bond donors (Lipinski definition) is 0. The van der Waals surface area contributed by atoms with Gasteiger partial charge in [-0.2, -0.15) is 0 Å². The number of likely N-dealkylation sites (tertiary alicyclic amines) is 1. The molecule has 160 valence electrons. The molecule has 30 heavy (non-hydrogen) atoms. The third kappa shape index (κ3) is 4.52. The van der Waals surface area contributed by atoms with Gasteiger partial charge in [-0.3, -0.25) is 9.69 Å². The highest BCUT2D eigenvalue weighted by Crippen LogP contribution is 2.37. The van der Waals surface area contributed by atoms with E-state index in [2.05, 4.69) is 42.3 Å². The fourth-order valence-corrected chi connectivity index (χ4v) is 4.84. The number of methoxy groups -OCH3 is 1. The van der Waals surface area contributed by atoms with Crippen LogP contribution in [0, 0.1) is 0 Å². The SMILES string of the molecule is COc1ccccc1C(=O)N1CCC2(CC1)CC(N(C)Cc1ccccc1)CCO2. The number of ether oxygens (including phenoxy) is 2. The summed E-state index contributed by atoms with van der Waals surface area (Å²) in [6.45, 7) is 3.21. The normalized spacial score (nSPS) is 21.0. The molecular formula is C25H32N2O3. The summed E-state index contributed by atoms with van der Waals surface area (Å²) in [5.74, 6) is 0.690. The van der Waals surface area contributed by atoms with Crippen molar-refractivity contribution in [1.82, 2.24) is 9.80 Å². The molecule has 0 bridgehead atoms. The van der Waals surface area contributed by atoms with Gasteiger partial charge >= 0.3 is 0 Å². The van der Waals surface area contributed by atoms with Gasteiger partial charge in [0.05, 0.1) is 18.3 Å². The molecule has 1 atom stereocenters. The quantitative estimate of drug-likeness (QED) is 0.751. The zero-order valence-electron chi connectivity index (χ0n) is 18.0. The zero-order chi connectivity index (χ0) is 21.0. The van der Waals surface area contributed by atoms with Gasteiger partial charge in [-0.05, 0) is 50.4 Å². The second-order valence-electron chi connectivity index (χ2n) is 8.57. The molecule has 0 aromatic heterocycles. The Morgan fingerprint density at radius 3 is 2.57 bits per heavy atom. The molecule has 1 spiro atoms. The summed E-state index contributed by atoms with van der Waals surface area (Å²) in [7, 11) is 3.83. The molecule has 2 aliphatic heterocycles. The van der Waals surface area contributed by atoms with Gasteiger partial charge in [0.1, 0.15) is 5.75 Å². The highest BCUT2D eigenvalue weighted by molar-refractivity contribution is 5.97. The number of amides is 1. The Labute approximate surface area is 179 Å². The summed E-state index contributed by atoms with van der Waals surface area (Å²) < 4.78 is 11.7. The number of piperidine rings is 1. The van der Waals surface area contributed by atoms with E-state index in [1.165, 1.54) is 5.56 Å². The number of rotatable bonds is 5. The van der Waals surface area contributed by atoms with Crippen LogP contribution in [-0.4, -0.2) is 61.2 Å². The second-order valence-corrected chi connectivity index (χ2v) is 8.57. The predicted octanol–water partition coefficient (Wildman–Crippen LogP) is 3.98. The molecule has 2 aromatic carbocycles. The first-order chi connectivity index (χ1) is 14.6. The highest BCUT2D eigenvalue weighted by atomic mass is 16.5. The summed E-state index contributed by atoms with van der Waals surface area (Å²) in [6, 6.07) is 18.6. The number of carbonyl (C=O) groups excluding carboxylic acids is 1. The van der Waals surface area contributed by atoms with E-state index in [0.717, 1.165) is 51.9 Å². The van der Waals surface area contributed by atoms with E-state index >= 15 is 0 Å². The van der Waals surface area contributed by atoms with E-state index in [1.807, 2.05) is 29.2 Å². The number of hydrogen-bond acceptors (Lipinski definition) is 4. The van der Waals surface area contributed by atoms with Gasteiger partial charge < -0.3 is 14.4 Å². The van der Waals surface area contributed by atoms with Crippen molar-refractivity contribution in [3.05, 3.63) is 65.7 Å². The van der Waals surface area contributed by atoms with E-state index in [4.69, 9.17) is 9.47 Å². The van der Waals surface area contributed by atoms with Crippen molar-refractivity contribution < 1.29 is 14.3 Å². The largest absolute Gasteiger partial charge is 0.496 e. The molecular weight excluding hydrogens is 376 g/mol. The van der Waals surface area contributed by atoms with Crippen molar-refractivity contribution in [2.24, 2.45) is 0 Å². The van der Waals surface area contributed by atoms with Crippen LogP contribution in [0.5, 0.6) is 5.75 Å². The van der Waals surface area contributed by atoms with Crippen LogP contribution in [0.1, 0.15) is 41.6 Å². The lowest BCUT2D eigenvalue weighted by molar-refractivity contribution is -0.128. The molecule has 1 amide bonds. The smallest absolute Gasteiger partial charge is 0.257 e. The molecule has 5 nitrogen and oxygen atoms in total. The molecule has 2 saturated heterocycles. The van der Waals surface area contributed by atoms with Gasteiger partial charge in [-0.15, -0.1) is 0 Å². The van der Waals surface area contributed by atoms with Crippen LogP contribution in [0.25, 0.3) is 0 Å². The summed E-state index contributed by atoms with van der Waals surface area (Å²) in [6.07, 6.45) is 3.88. The van der Waals surface area contributed by atoms with Crippen molar-refractivity contribution in [2.45, 2.75) is 43.9 Å². The Morgan fingerprint density at radius 1 is 1.13 bits per heavy atom. The molecule has 0 aliphatic carbocycles. The monoisotopic (exact) mass is 408 g/mol. The molecule has 4 rings (SSSR count). The second kappa shape index (κ2) is 9.19. The first kappa shape index (κ1) is 20.9. The van der Waals surface area contributed by atoms with E-state index in [9.17, 15) is 4.79 Å². The van der Waals surface area contributed by atoms with Crippen molar-refractivity contribution in [3.8, 4) is 5.75 Å². The van der Waals surface area contributed by atoms with Crippen LogP contribution < -0.4 is 4.74 Å². The van der Waals surface area contributed by atoms with Crippen LogP contribution in [0.2, 0.25) is 0 Å². The standard InChI is InChI=1S/C25H32N2O3/c1-26(19-20-8-4-3-5-9-20)21-12-17-30-25(18-21)13-15-27(16-14-25)24(28)22-10-6-7-11-23(22)29-2/h3-11,21H,12-19H2,1-2H3. The molecule has 2 aliphatic rings. The van der Waals surface area contributed by atoms with Crippen molar-refractivity contribution in [2.75, 3.05) is 33.9 Å². The summed E-state index contributed by atoms with van der Waals surface area (Å²) in [5, 5.41) is 0. The van der Waals surface area contributed by atoms with Crippen molar-refractivity contribution in [3.63, 3.8) is 0 Å². The Kier molecular flexibility index (Phi) is 6.40. The molecule has 2 aromatic rings. The first-order valence-electron chi connectivity index (χ1n) is 10.9. The summed E-state index contributed by atoms with van der Waals surface area (Å²) >= 11 is 0. The molecule has 5 heteroatoms. The fourth-order valence-electron chi connectivity index (χ4n) is 4.84. The minimum absolute atomic E-state index is 0.0517. The average molecular weight is 409 g/mol. The fraction of sp³-hybridized carbons (Fsp3) is 0.480. The predicted molar refractivity (Wildman–Crippen MR) is 118 cm³/mol. The van der Waals surface area contributed by atoms with E-state index < -0.39 is 0 Å². The molecule has 1 unspecified atom stereocenters. The number of carbonyl (C=O) groups is 1. The van der Waals surface area contributed by atoms with Gasteiger partial charge in [0, 0.05) is 32.3 Å². The van der Waals surface area contributed by atoms with Crippen molar-refractivity contribution >= 4 is 5.91 Å². The summed E-state index contributed by atoms with van der Waals surface area (Å²) in [4.78, 5) is 17.4. The number of para-hydroxylation sites is 1. The lowest BCUT2D eigenvalue weighted by Crippen LogP contribution is -2.54. The summed E-state index contributed by atoms with van der Waals surface area (Å²) in [5.41, 5.74) is 1.88. The lowest BCUT2D eigenvalue weighted by atomic mass is 9.81. The third-order valence-electron chi connectivity index (χ3n) is 6.66. The van der Waals surface area contributed by atoms with Gasteiger partial charge in [0.25, 0.3) is 5.91 Å². The maximum absolute atomic E-state index is 13.0. The van der Waals surface area contributed by atoms with Crippen LogP contribution in [0.4, 0.5) is 0 Å². The molecule has 0 radical (unpaired) electrons. The number of nitrogens with zero attached hydrogens (tertiary/aromatic N) is 2. The highest BCUT2D eigenvalue weighted by Gasteiger charge is 2.42. The molecule has 2 heterocycles. The minimum Gasteiger partial charge on any atom is -0.496 e. The van der Waals surface area contributed by atoms with Gasteiger partial charge in [0.15, 0.2) is 0 Å². The third-order valence-corrected chi connectivity index (χ3v) is 6.66. The van der Waals surface area contributed by atoms with Gasteiger partial charge in [-0.25, -0.2) is 0 Å². The minimum atomic E-state index is -0.106. The van der Waals surface area contributed by atoms with E-state index in [-0.39, 0.29) is 11.5 Å².